The molecule has 13 heteroatoms. The summed E-state index contributed by atoms with van der Waals surface area (Å²) in [6.07, 6.45) is 7.14. The number of aliphatic imine (C=N–C) groups is 1. The van der Waals surface area contributed by atoms with Crippen molar-refractivity contribution in [3.05, 3.63) is 52.5 Å². The highest BCUT2D eigenvalue weighted by atomic mass is 35.5. The smallest absolute Gasteiger partial charge is 0.322 e. The number of hydrogen-bond donors (Lipinski definition) is 5. The van der Waals surface area contributed by atoms with Crippen molar-refractivity contribution in [2.24, 2.45) is 16.6 Å². The molecule has 1 aliphatic rings. The zero-order valence-corrected chi connectivity index (χ0v) is 21.4. The van der Waals surface area contributed by atoms with Crippen molar-refractivity contribution >= 4 is 70.1 Å². The highest BCUT2D eigenvalue weighted by Gasteiger charge is 2.24. The number of thioether (sulfide) groups is 1. The van der Waals surface area contributed by atoms with Crippen LogP contribution in [0.15, 0.2) is 47.5 Å². The number of nitrogens with one attached hydrogen (secondary N) is 2. The molecule has 194 valence electrons. The highest BCUT2D eigenvalue weighted by molar-refractivity contribution is 7.99. The van der Waals surface area contributed by atoms with Crippen LogP contribution in [0.2, 0.25) is 10.0 Å². The van der Waals surface area contributed by atoms with Crippen LogP contribution in [-0.4, -0.2) is 69.8 Å². The second kappa shape index (κ2) is 14.6. The van der Waals surface area contributed by atoms with Gasteiger partial charge in [0.2, 0.25) is 11.8 Å². The lowest BCUT2D eigenvalue weighted by atomic mass is 10.0. The molecule has 0 heterocycles. The van der Waals surface area contributed by atoms with E-state index in [0.717, 1.165) is 0 Å². The first kappa shape index (κ1) is 29.4. The number of nitrogens with two attached hydrogens (primary N) is 1. The number of hydrogen-bond acceptors (Lipinski definition) is 7. The molecule has 0 aliphatic heterocycles. The lowest BCUT2D eigenvalue weighted by Crippen LogP contribution is -2.49. The van der Waals surface area contributed by atoms with Crippen molar-refractivity contribution < 1.29 is 29.4 Å². The maximum Gasteiger partial charge on any atom is 0.322 e. The number of carbonyl (C=O) groups excluding carboxylic acids is 2. The predicted molar refractivity (Wildman–Crippen MR) is 140 cm³/mol. The number of para-hydroxylation sites is 1. The first-order chi connectivity index (χ1) is 17.1. The summed E-state index contributed by atoms with van der Waals surface area (Å²) in [6.45, 7) is -0.606. The number of halogens is 2. The summed E-state index contributed by atoms with van der Waals surface area (Å²) < 4.78 is 0. The van der Waals surface area contributed by atoms with E-state index in [9.17, 15) is 19.2 Å². The molecule has 6 N–H and O–H groups in total. The number of rotatable bonds is 13. The number of aliphatic carboxylic acids is 2. The van der Waals surface area contributed by atoms with Gasteiger partial charge in [0, 0.05) is 29.6 Å². The predicted octanol–water partition coefficient (Wildman–Crippen LogP) is 2.42. The number of benzene rings is 1. The number of carboxylic acid groups (broad SMARTS) is 2. The van der Waals surface area contributed by atoms with Crippen molar-refractivity contribution in [2.45, 2.75) is 24.9 Å². The van der Waals surface area contributed by atoms with E-state index < -0.39 is 42.4 Å². The fourth-order valence-electron chi connectivity index (χ4n) is 3.02. The standard InChI is InChI=1S/C23H26Cl2N4O6S/c24-14-5-3-6-15(25)21(14)29-17-7-2-1-4-13(17)11-36-12-18(22(33)27-10-20(31)32)28-19(30)9-8-16(26)23(34)35/h1-7,13,16,18H,8-12,26H2,(H,27,33)(H,28,30)(H,31,32)(H,34,35)/t13?,16-,18-/m0/s1. The van der Waals surface area contributed by atoms with Crippen LogP contribution >= 0.6 is 35.0 Å². The van der Waals surface area contributed by atoms with Crippen LogP contribution in [0, 0.1) is 5.92 Å². The Kier molecular flexibility index (Phi) is 11.9. The van der Waals surface area contributed by atoms with Gasteiger partial charge in [0.15, 0.2) is 0 Å². The average molecular weight is 557 g/mol. The Hall–Kier alpha value is -2.86. The van der Waals surface area contributed by atoms with E-state index in [0.29, 0.717) is 27.2 Å². The normalized spacial score (nSPS) is 17.4. The number of carboxylic acids is 2. The summed E-state index contributed by atoms with van der Waals surface area (Å²) in [5, 5.41) is 23.3. The minimum Gasteiger partial charge on any atom is -0.480 e. The lowest BCUT2D eigenvalue weighted by molar-refractivity contribution is -0.139. The molecule has 0 spiro atoms. The Morgan fingerprint density at radius 3 is 2.47 bits per heavy atom. The monoisotopic (exact) mass is 556 g/mol. The van der Waals surface area contributed by atoms with Crippen molar-refractivity contribution in [3.63, 3.8) is 0 Å². The van der Waals surface area contributed by atoms with Gasteiger partial charge in [-0.25, -0.2) is 4.99 Å². The molecule has 1 aliphatic carbocycles. The molecule has 10 nitrogen and oxygen atoms in total. The Bertz CT molecular complexity index is 1060. The zero-order valence-electron chi connectivity index (χ0n) is 19.0. The number of carbonyl (C=O) groups is 4. The van der Waals surface area contributed by atoms with Crippen LogP contribution in [0.25, 0.3) is 0 Å². The van der Waals surface area contributed by atoms with E-state index in [4.69, 9.17) is 39.1 Å². The van der Waals surface area contributed by atoms with Crippen LogP contribution in [0.4, 0.5) is 5.69 Å². The quantitative estimate of drug-likeness (QED) is 0.246. The van der Waals surface area contributed by atoms with E-state index in [1.165, 1.54) is 11.8 Å². The second-order valence-electron chi connectivity index (χ2n) is 7.71. The molecule has 36 heavy (non-hydrogen) atoms. The Labute approximate surface area is 222 Å². The summed E-state index contributed by atoms with van der Waals surface area (Å²) in [4.78, 5) is 51.1. The molecule has 2 amide bonds. The van der Waals surface area contributed by atoms with E-state index in [-0.39, 0.29) is 24.5 Å². The number of amides is 2. The SMILES string of the molecule is N[C@@H](CCC(=O)N[C@@H](CSCC1C=CC=CC1=Nc1c(Cl)cccc1Cl)C(=O)NCC(=O)O)C(=O)O. The fourth-order valence-corrected chi connectivity index (χ4v) is 4.64. The van der Waals surface area contributed by atoms with E-state index in [1.54, 1.807) is 18.2 Å². The topological polar surface area (TPSA) is 171 Å². The van der Waals surface area contributed by atoms with Gasteiger partial charge in [-0.1, -0.05) is 47.5 Å². The third-order valence-electron chi connectivity index (χ3n) is 4.93. The summed E-state index contributed by atoms with van der Waals surface area (Å²) >= 11 is 13.8. The van der Waals surface area contributed by atoms with Gasteiger partial charge in [-0.15, -0.1) is 0 Å². The van der Waals surface area contributed by atoms with E-state index in [1.807, 2.05) is 24.3 Å². The lowest BCUT2D eigenvalue weighted by Gasteiger charge is -2.20. The molecule has 0 bridgehead atoms. The minimum absolute atomic E-state index is 0.110. The molecule has 0 saturated heterocycles. The maximum absolute atomic E-state index is 12.5. The van der Waals surface area contributed by atoms with Crippen LogP contribution in [-0.2, 0) is 19.2 Å². The van der Waals surface area contributed by atoms with Crippen molar-refractivity contribution in [1.29, 1.82) is 0 Å². The summed E-state index contributed by atoms with van der Waals surface area (Å²) in [5.41, 5.74) is 6.57. The molecule has 1 aromatic carbocycles. The molecule has 0 radical (unpaired) electrons. The number of allylic oxidation sites excluding steroid dienone is 4. The Morgan fingerprint density at radius 2 is 1.83 bits per heavy atom. The fraction of sp³-hybridized carbons (Fsp3) is 0.348. The maximum atomic E-state index is 12.5. The van der Waals surface area contributed by atoms with Crippen molar-refractivity contribution in [1.82, 2.24) is 10.6 Å². The molecule has 0 fully saturated rings. The molecule has 1 aromatic rings. The number of nitrogens with zero attached hydrogens (tertiary/aromatic N) is 1. The van der Waals surface area contributed by atoms with Gasteiger partial charge < -0.3 is 26.6 Å². The zero-order chi connectivity index (χ0) is 26.7. The average Bonchev–Trinajstić information content (AvgIpc) is 2.83. The molecule has 1 unspecified atom stereocenters. The molecule has 2 rings (SSSR count). The minimum atomic E-state index is -1.24. The van der Waals surface area contributed by atoms with Crippen molar-refractivity contribution in [2.75, 3.05) is 18.1 Å². The van der Waals surface area contributed by atoms with E-state index in [2.05, 4.69) is 15.6 Å². The molecule has 0 saturated carbocycles. The van der Waals surface area contributed by atoms with Crippen LogP contribution in [0.3, 0.4) is 0 Å². The van der Waals surface area contributed by atoms with Gasteiger partial charge in [-0.05, 0) is 24.6 Å². The summed E-state index contributed by atoms with van der Waals surface area (Å²) in [6, 6.07) is 2.85. The summed E-state index contributed by atoms with van der Waals surface area (Å²) in [7, 11) is 0. The highest BCUT2D eigenvalue weighted by Crippen LogP contribution is 2.34. The summed E-state index contributed by atoms with van der Waals surface area (Å²) in [5.74, 6) is -3.22. The van der Waals surface area contributed by atoms with Crippen LogP contribution in [0.1, 0.15) is 12.8 Å². The Morgan fingerprint density at radius 1 is 1.14 bits per heavy atom. The third kappa shape index (κ3) is 9.65. The van der Waals surface area contributed by atoms with Crippen molar-refractivity contribution in [3.8, 4) is 0 Å². The molecule has 0 aromatic heterocycles. The first-order valence-electron chi connectivity index (χ1n) is 10.8. The van der Waals surface area contributed by atoms with Gasteiger partial charge in [-0.2, -0.15) is 11.8 Å². The molecular weight excluding hydrogens is 531 g/mol. The van der Waals surface area contributed by atoms with Crippen LogP contribution < -0.4 is 16.4 Å². The molecule has 3 atom stereocenters. The largest absolute Gasteiger partial charge is 0.480 e. The van der Waals surface area contributed by atoms with Crippen LogP contribution in [0.5, 0.6) is 0 Å². The Balaban J connectivity index is 2.04. The van der Waals surface area contributed by atoms with E-state index >= 15 is 0 Å². The van der Waals surface area contributed by atoms with Gasteiger partial charge >= 0.3 is 11.9 Å². The van der Waals surface area contributed by atoms with Gasteiger partial charge in [-0.3, -0.25) is 19.2 Å². The van der Waals surface area contributed by atoms with Gasteiger partial charge in [0.1, 0.15) is 24.3 Å². The third-order valence-corrected chi connectivity index (χ3v) is 6.70. The molecular formula is C23H26Cl2N4O6S. The first-order valence-corrected chi connectivity index (χ1v) is 12.7. The van der Waals surface area contributed by atoms with Gasteiger partial charge in [0.25, 0.3) is 0 Å². The second-order valence-corrected chi connectivity index (χ2v) is 9.60. The van der Waals surface area contributed by atoms with Gasteiger partial charge in [0.05, 0.1) is 10.0 Å².